The summed E-state index contributed by atoms with van der Waals surface area (Å²) in [6.45, 7) is 13.4. The molecule has 1 N–H and O–H groups in total. The highest BCUT2D eigenvalue weighted by Crippen LogP contribution is 2.31. The van der Waals surface area contributed by atoms with Gasteiger partial charge in [-0.2, -0.15) is 0 Å². The third-order valence-electron chi connectivity index (χ3n) is 4.06. The fraction of sp³-hybridized carbons (Fsp3) is 0.722. The smallest absolute Gasteiger partial charge is 0.0406 e. The molecule has 0 bridgehead atoms. The van der Waals surface area contributed by atoms with Crippen molar-refractivity contribution in [1.82, 2.24) is 10.3 Å². The largest absolute Gasteiger partial charge is 0.309 e. The van der Waals surface area contributed by atoms with Crippen LogP contribution < -0.4 is 5.32 Å². The molecule has 1 aromatic rings. The number of aromatic nitrogens is 1. The van der Waals surface area contributed by atoms with Gasteiger partial charge in [-0.05, 0) is 63.0 Å². The summed E-state index contributed by atoms with van der Waals surface area (Å²) in [6, 6.07) is 5.16. The molecule has 0 aromatic carbocycles. The van der Waals surface area contributed by atoms with Crippen LogP contribution in [-0.4, -0.2) is 16.6 Å². The highest BCUT2D eigenvalue weighted by Gasteiger charge is 2.31. The number of nitrogens with zero attached hydrogens (tertiary/aromatic N) is 1. The molecule has 2 rings (SSSR count). The van der Waals surface area contributed by atoms with Crippen LogP contribution in [0.4, 0.5) is 0 Å². The SMILES string of the molecule is CC(C)(C)NC1CC(Cc2ccc(C(C)(C)C)cn2)C1. The summed E-state index contributed by atoms with van der Waals surface area (Å²) in [4.78, 5) is 4.65. The molecule has 1 fully saturated rings. The van der Waals surface area contributed by atoms with Gasteiger partial charge in [-0.1, -0.05) is 26.8 Å². The van der Waals surface area contributed by atoms with Crippen molar-refractivity contribution >= 4 is 0 Å². The van der Waals surface area contributed by atoms with Crippen molar-refractivity contribution < 1.29 is 0 Å². The number of hydrogen-bond donors (Lipinski definition) is 1. The van der Waals surface area contributed by atoms with E-state index in [1.165, 1.54) is 24.1 Å². The van der Waals surface area contributed by atoms with Crippen LogP contribution in [-0.2, 0) is 11.8 Å². The third kappa shape index (κ3) is 4.31. The Labute approximate surface area is 124 Å². The van der Waals surface area contributed by atoms with Crippen LogP contribution in [0.15, 0.2) is 18.3 Å². The summed E-state index contributed by atoms with van der Waals surface area (Å²) >= 11 is 0. The predicted molar refractivity (Wildman–Crippen MR) is 86.0 cm³/mol. The van der Waals surface area contributed by atoms with Gasteiger partial charge in [0.05, 0.1) is 0 Å². The summed E-state index contributed by atoms with van der Waals surface area (Å²) < 4.78 is 0. The Hall–Kier alpha value is -0.890. The first-order chi connectivity index (χ1) is 9.13. The summed E-state index contributed by atoms with van der Waals surface area (Å²) in [7, 11) is 0. The van der Waals surface area contributed by atoms with Gasteiger partial charge in [0.15, 0.2) is 0 Å². The molecule has 2 nitrogen and oxygen atoms in total. The van der Waals surface area contributed by atoms with Crippen molar-refractivity contribution in [3.8, 4) is 0 Å². The molecule has 1 aromatic heterocycles. The van der Waals surface area contributed by atoms with Crippen LogP contribution in [0, 0.1) is 5.92 Å². The maximum atomic E-state index is 4.65. The monoisotopic (exact) mass is 274 g/mol. The van der Waals surface area contributed by atoms with E-state index in [1.807, 2.05) is 0 Å². The summed E-state index contributed by atoms with van der Waals surface area (Å²) in [5.41, 5.74) is 3.01. The van der Waals surface area contributed by atoms with E-state index in [1.54, 1.807) is 0 Å². The molecule has 20 heavy (non-hydrogen) atoms. The minimum absolute atomic E-state index is 0.198. The Kier molecular flexibility index (Phi) is 4.24. The third-order valence-corrected chi connectivity index (χ3v) is 4.06. The topological polar surface area (TPSA) is 24.9 Å². The van der Waals surface area contributed by atoms with Gasteiger partial charge in [0.25, 0.3) is 0 Å². The molecule has 1 aliphatic rings. The van der Waals surface area contributed by atoms with Gasteiger partial charge >= 0.3 is 0 Å². The molecule has 112 valence electrons. The van der Waals surface area contributed by atoms with Crippen molar-refractivity contribution in [2.24, 2.45) is 5.92 Å². The Morgan fingerprint density at radius 3 is 2.20 bits per heavy atom. The van der Waals surface area contributed by atoms with Crippen molar-refractivity contribution in [3.63, 3.8) is 0 Å². The number of hydrogen-bond acceptors (Lipinski definition) is 2. The zero-order chi connectivity index (χ0) is 15.0. The lowest BCUT2D eigenvalue weighted by atomic mass is 9.76. The highest BCUT2D eigenvalue weighted by molar-refractivity contribution is 5.21. The van der Waals surface area contributed by atoms with Gasteiger partial charge in [0.2, 0.25) is 0 Å². The Balaban J connectivity index is 1.82. The normalized spacial score (nSPS) is 23.5. The zero-order valence-electron chi connectivity index (χ0n) is 14.0. The van der Waals surface area contributed by atoms with E-state index in [4.69, 9.17) is 0 Å². The van der Waals surface area contributed by atoms with Gasteiger partial charge < -0.3 is 5.32 Å². The first-order valence-corrected chi connectivity index (χ1v) is 7.86. The van der Waals surface area contributed by atoms with Crippen LogP contribution in [0.5, 0.6) is 0 Å². The standard InChI is InChI=1S/C18H30N2/c1-17(2,3)14-7-8-15(19-12-14)9-13-10-16(11-13)20-18(4,5)6/h7-8,12-13,16,20H,9-11H2,1-6H3. The average Bonchev–Trinajstić information content (AvgIpc) is 2.24. The second-order valence-electron chi connectivity index (χ2n) is 8.42. The van der Waals surface area contributed by atoms with Crippen molar-refractivity contribution in [3.05, 3.63) is 29.6 Å². The maximum absolute atomic E-state index is 4.65. The maximum Gasteiger partial charge on any atom is 0.0406 e. The zero-order valence-corrected chi connectivity index (χ0v) is 14.0. The van der Waals surface area contributed by atoms with Gasteiger partial charge in [0, 0.05) is 23.5 Å². The number of nitrogens with one attached hydrogen (secondary N) is 1. The molecule has 0 radical (unpaired) electrons. The van der Waals surface area contributed by atoms with Crippen LogP contribution in [0.3, 0.4) is 0 Å². The van der Waals surface area contributed by atoms with Crippen molar-refractivity contribution in [2.45, 2.75) is 77.8 Å². The first-order valence-electron chi connectivity index (χ1n) is 7.86. The van der Waals surface area contributed by atoms with E-state index >= 15 is 0 Å². The van der Waals surface area contributed by atoms with Crippen LogP contribution in [0.25, 0.3) is 0 Å². The summed E-state index contributed by atoms with van der Waals surface area (Å²) in [5, 5.41) is 3.68. The molecule has 1 heterocycles. The molecule has 0 aliphatic heterocycles. The van der Waals surface area contributed by atoms with Gasteiger partial charge in [0.1, 0.15) is 0 Å². The Morgan fingerprint density at radius 1 is 1.10 bits per heavy atom. The lowest BCUT2D eigenvalue weighted by Gasteiger charge is -2.40. The summed E-state index contributed by atoms with van der Waals surface area (Å²) in [6.07, 6.45) is 5.77. The minimum atomic E-state index is 0.198. The minimum Gasteiger partial charge on any atom is -0.309 e. The molecule has 1 aliphatic carbocycles. The lowest BCUT2D eigenvalue weighted by Crippen LogP contribution is -2.50. The van der Waals surface area contributed by atoms with Crippen molar-refractivity contribution in [2.75, 3.05) is 0 Å². The van der Waals surface area contributed by atoms with E-state index in [0.717, 1.165) is 12.3 Å². The van der Waals surface area contributed by atoms with E-state index in [2.05, 4.69) is 70.2 Å². The quantitative estimate of drug-likeness (QED) is 0.898. The van der Waals surface area contributed by atoms with E-state index < -0.39 is 0 Å². The Bertz CT molecular complexity index is 428. The molecular formula is C18H30N2. The molecule has 2 heteroatoms. The lowest BCUT2D eigenvalue weighted by molar-refractivity contribution is 0.184. The van der Waals surface area contributed by atoms with Crippen LogP contribution in [0.1, 0.15) is 65.6 Å². The molecule has 0 amide bonds. The Morgan fingerprint density at radius 2 is 1.75 bits per heavy atom. The fourth-order valence-corrected chi connectivity index (χ4v) is 2.92. The molecular weight excluding hydrogens is 244 g/mol. The molecule has 0 saturated heterocycles. The second-order valence-corrected chi connectivity index (χ2v) is 8.42. The van der Waals surface area contributed by atoms with E-state index in [0.29, 0.717) is 6.04 Å². The second kappa shape index (κ2) is 5.48. The van der Waals surface area contributed by atoms with Gasteiger partial charge in [-0.15, -0.1) is 0 Å². The van der Waals surface area contributed by atoms with Crippen LogP contribution in [0.2, 0.25) is 0 Å². The number of pyridine rings is 1. The van der Waals surface area contributed by atoms with Crippen LogP contribution >= 0.6 is 0 Å². The summed E-state index contributed by atoms with van der Waals surface area (Å²) in [5.74, 6) is 0.808. The molecule has 1 saturated carbocycles. The predicted octanol–water partition coefficient (Wildman–Crippen LogP) is 4.09. The molecule has 0 unspecified atom stereocenters. The first kappa shape index (κ1) is 15.5. The fourth-order valence-electron chi connectivity index (χ4n) is 2.92. The number of rotatable bonds is 3. The van der Waals surface area contributed by atoms with Crippen molar-refractivity contribution in [1.29, 1.82) is 0 Å². The highest BCUT2D eigenvalue weighted by atomic mass is 15.0. The molecule has 0 atom stereocenters. The van der Waals surface area contributed by atoms with E-state index in [9.17, 15) is 0 Å². The molecule has 0 spiro atoms. The van der Waals surface area contributed by atoms with E-state index in [-0.39, 0.29) is 11.0 Å². The average molecular weight is 274 g/mol. The van der Waals surface area contributed by atoms with Gasteiger partial charge in [-0.25, -0.2) is 0 Å². The van der Waals surface area contributed by atoms with Gasteiger partial charge in [-0.3, -0.25) is 4.98 Å².